The summed E-state index contributed by atoms with van der Waals surface area (Å²) in [6, 6.07) is 8.72. The SMILES string of the molecule is COc1[c]c(OCC2CC2)ccc1. The summed E-state index contributed by atoms with van der Waals surface area (Å²) in [6.07, 6.45) is 2.62. The molecule has 69 valence electrons. The monoisotopic (exact) mass is 177 g/mol. The van der Waals surface area contributed by atoms with Gasteiger partial charge in [-0.25, -0.2) is 0 Å². The standard InChI is InChI=1S/C11H13O2/c1-12-10-3-2-4-11(7-10)13-8-9-5-6-9/h2-4,9H,5-6,8H2,1H3. The molecular formula is C11H13O2. The molecule has 1 aliphatic rings. The predicted molar refractivity (Wildman–Crippen MR) is 50.0 cm³/mol. The highest BCUT2D eigenvalue weighted by molar-refractivity contribution is 5.30. The first-order valence-corrected chi connectivity index (χ1v) is 4.57. The second kappa shape index (κ2) is 3.69. The van der Waals surface area contributed by atoms with E-state index in [0.29, 0.717) is 0 Å². The largest absolute Gasteiger partial charge is 0.496 e. The van der Waals surface area contributed by atoms with Gasteiger partial charge in [0, 0.05) is 0 Å². The molecule has 1 fully saturated rings. The molecule has 0 saturated heterocycles. The Balaban J connectivity index is 1.93. The van der Waals surface area contributed by atoms with Crippen LogP contribution >= 0.6 is 0 Å². The van der Waals surface area contributed by atoms with Gasteiger partial charge in [-0.1, -0.05) is 6.07 Å². The number of hydrogen-bond donors (Lipinski definition) is 0. The lowest BCUT2D eigenvalue weighted by atomic mass is 10.3. The van der Waals surface area contributed by atoms with Crippen LogP contribution in [0.5, 0.6) is 11.5 Å². The van der Waals surface area contributed by atoms with Gasteiger partial charge in [0.1, 0.15) is 11.5 Å². The molecule has 0 aliphatic heterocycles. The summed E-state index contributed by atoms with van der Waals surface area (Å²) < 4.78 is 10.6. The lowest BCUT2D eigenvalue weighted by Gasteiger charge is -2.05. The number of methoxy groups -OCH3 is 1. The van der Waals surface area contributed by atoms with Crippen molar-refractivity contribution in [3.05, 3.63) is 24.3 Å². The van der Waals surface area contributed by atoms with E-state index in [1.807, 2.05) is 18.2 Å². The van der Waals surface area contributed by atoms with E-state index >= 15 is 0 Å². The van der Waals surface area contributed by atoms with Crippen LogP contribution in [0.4, 0.5) is 0 Å². The van der Waals surface area contributed by atoms with Crippen molar-refractivity contribution in [2.75, 3.05) is 13.7 Å². The average Bonchev–Trinajstić information content (AvgIpc) is 2.99. The third-order valence-electron chi connectivity index (χ3n) is 2.13. The average molecular weight is 177 g/mol. The maximum Gasteiger partial charge on any atom is 0.131 e. The van der Waals surface area contributed by atoms with Crippen LogP contribution in [0.25, 0.3) is 0 Å². The fraction of sp³-hybridized carbons (Fsp3) is 0.455. The summed E-state index contributed by atoms with van der Waals surface area (Å²) in [5, 5.41) is 0. The molecule has 2 rings (SSSR count). The highest BCUT2D eigenvalue weighted by Gasteiger charge is 2.21. The minimum Gasteiger partial charge on any atom is -0.496 e. The van der Waals surface area contributed by atoms with Crippen LogP contribution in [-0.2, 0) is 0 Å². The van der Waals surface area contributed by atoms with Gasteiger partial charge >= 0.3 is 0 Å². The lowest BCUT2D eigenvalue weighted by Crippen LogP contribution is -1.98. The zero-order valence-electron chi connectivity index (χ0n) is 7.75. The highest BCUT2D eigenvalue weighted by atomic mass is 16.5. The summed E-state index contributed by atoms with van der Waals surface area (Å²) >= 11 is 0. The topological polar surface area (TPSA) is 18.5 Å². The molecule has 0 aromatic heterocycles. The summed E-state index contributed by atoms with van der Waals surface area (Å²) in [6.45, 7) is 0.823. The normalized spacial score (nSPS) is 15.5. The maximum atomic E-state index is 5.54. The van der Waals surface area contributed by atoms with Gasteiger partial charge in [0.05, 0.1) is 19.8 Å². The molecule has 1 aliphatic carbocycles. The van der Waals surface area contributed by atoms with Gasteiger partial charge in [0.15, 0.2) is 0 Å². The fourth-order valence-electron chi connectivity index (χ4n) is 1.12. The minimum atomic E-state index is 0.730. The van der Waals surface area contributed by atoms with Gasteiger partial charge in [0.2, 0.25) is 0 Å². The van der Waals surface area contributed by atoms with Crippen molar-refractivity contribution >= 4 is 0 Å². The summed E-state index contributed by atoms with van der Waals surface area (Å²) in [4.78, 5) is 0. The van der Waals surface area contributed by atoms with E-state index in [2.05, 4.69) is 6.07 Å². The Morgan fingerprint density at radius 2 is 2.15 bits per heavy atom. The smallest absolute Gasteiger partial charge is 0.131 e. The van der Waals surface area contributed by atoms with E-state index in [1.165, 1.54) is 12.8 Å². The van der Waals surface area contributed by atoms with Crippen LogP contribution in [0.2, 0.25) is 0 Å². The number of rotatable bonds is 4. The molecular weight excluding hydrogens is 164 g/mol. The Morgan fingerprint density at radius 3 is 2.85 bits per heavy atom. The molecule has 0 heterocycles. The predicted octanol–water partition coefficient (Wildman–Crippen LogP) is 2.28. The number of hydrogen-bond acceptors (Lipinski definition) is 2. The second-order valence-corrected chi connectivity index (χ2v) is 3.34. The molecule has 0 spiro atoms. The van der Waals surface area contributed by atoms with Crippen LogP contribution < -0.4 is 9.47 Å². The molecule has 1 aromatic rings. The first-order valence-electron chi connectivity index (χ1n) is 4.57. The molecule has 1 radical (unpaired) electrons. The van der Waals surface area contributed by atoms with Gasteiger partial charge in [-0.2, -0.15) is 0 Å². The Labute approximate surface area is 78.5 Å². The molecule has 2 nitrogen and oxygen atoms in total. The van der Waals surface area contributed by atoms with Crippen LogP contribution in [0, 0.1) is 12.0 Å². The van der Waals surface area contributed by atoms with Gasteiger partial charge in [-0.05, 0) is 30.9 Å². The third kappa shape index (κ3) is 2.38. The number of benzene rings is 1. The van der Waals surface area contributed by atoms with Crippen molar-refractivity contribution in [1.82, 2.24) is 0 Å². The molecule has 0 bridgehead atoms. The van der Waals surface area contributed by atoms with E-state index < -0.39 is 0 Å². The molecule has 0 unspecified atom stereocenters. The van der Waals surface area contributed by atoms with Crippen molar-refractivity contribution < 1.29 is 9.47 Å². The zero-order chi connectivity index (χ0) is 9.10. The molecule has 0 N–H and O–H groups in total. The van der Waals surface area contributed by atoms with Crippen LogP contribution in [0.3, 0.4) is 0 Å². The molecule has 1 saturated carbocycles. The fourth-order valence-corrected chi connectivity index (χ4v) is 1.12. The zero-order valence-corrected chi connectivity index (χ0v) is 7.75. The molecule has 1 aromatic carbocycles. The molecule has 0 amide bonds. The Morgan fingerprint density at radius 1 is 1.38 bits per heavy atom. The molecule has 2 heteroatoms. The van der Waals surface area contributed by atoms with Crippen LogP contribution in [-0.4, -0.2) is 13.7 Å². The Hall–Kier alpha value is -1.18. The van der Waals surface area contributed by atoms with Gasteiger partial charge in [0.25, 0.3) is 0 Å². The van der Waals surface area contributed by atoms with E-state index in [9.17, 15) is 0 Å². The summed E-state index contributed by atoms with van der Waals surface area (Å²) in [5.41, 5.74) is 0. The third-order valence-corrected chi connectivity index (χ3v) is 2.13. The van der Waals surface area contributed by atoms with E-state index in [0.717, 1.165) is 24.0 Å². The quantitative estimate of drug-likeness (QED) is 0.702. The maximum absolute atomic E-state index is 5.54. The van der Waals surface area contributed by atoms with E-state index in [-0.39, 0.29) is 0 Å². The van der Waals surface area contributed by atoms with Crippen molar-refractivity contribution in [3.63, 3.8) is 0 Å². The summed E-state index contributed by atoms with van der Waals surface area (Å²) in [5.74, 6) is 2.29. The Bertz CT molecular complexity index is 279. The molecule has 13 heavy (non-hydrogen) atoms. The second-order valence-electron chi connectivity index (χ2n) is 3.34. The van der Waals surface area contributed by atoms with Crippen molar-refractivity contribution in [1.29, 1.82) is 0 Å². The van der Waals surface area contributed by atoms with Gasteiger partial charge in [-0.15, -0.1) is 0 Å². The Kier molecular flexibility index (Phi) is 2.39. The van der Waals surface area contributed by atoms with Crippen molar-refractivity contribution in [2.24, 2.45) is 5.92 Å². The van der Waals surface area contributed by atoms with Crippen molar-refractivity contribution in [2.45, 2.75) is 12.8 Å². The van der Waals surface area contributed by atoms with E-state index in [4.69, 9.17) is 9.47 Å². The first-order chi connectivity index (χ1) is 6.38. The molecule has 0 atom stereocenters. The summed E-state index contributed by atoms with van der Waals surface area (Å²) in [7, 11) is 1.64. The lowest BCUT2D eigenvalue weighted by molar-refractivity contribution is 0.297. The van der Waals surface area contributed by atoms with Gasteiger partial charge in [-0.3, -0.25) is 0 Å². The van der Waals surface area contributed by atoms with Crippen molar-refractivity contribution in [3.8, 4) is 11.5 Å². The first kappa shape index (κ1) is 8.42. The highest BCUT2D eigenvalue weighted by Crippen LogP contribution is 2.29. The van der Waals surface area contributed by atoms with E-state index in [1.54, 1.807) is 7.11 Å². The number of ether oxygens (including phenoxy) is 2. The minimum absolute atomic E-state index is 0.730. The van der Waals surface area contributed by atoms with Crippen LogP contribution in [0.1, 0.15) is 12.8 Å². The van der Waals surface area contributed by atoms with Gasteiger partial charge < -0.3 is 9.47 Å². The van der Waals surface area contributed by atoms with Crippen LogP contribution in [0.15, 0.2) is 18.2 Å².